The summed E-state index contributed by atoms with van der Waals surface area (Å²) in [5.41, 5.74) is 3.33. The van der Waals surface area contributed by atoms with Crippen molar-refractivity contribution in [3.8, 4) is 0 Å². The van der Waals surface area contributed by atoms with Crippen LogP contribution in [0.25, 0.3) is 5.52 Å². The molecule has 1 aromatic carbocycles. The van der Waals surface area contributed by atoms with E-state index in [1.54, 1.807) is 6.20 Å². The summed E-state index contributed by atoms with van der Waals surface area (Å²) < 4.78 is 1.89. The van der Waals surface area contributed by atoms with Crippen LogP contribution in [-0.4, -0.2) is 26.5 Å². The maximum absolute atomic E-state index is 4.58. The molecule has 0 unspecified atom stereocenters. The van der Waals surface area contributed by atoms with Crippen molar-refractivity contribution in [3.63, 3.8) is 0 Å². The molecule has 2 aromatic heterocycles. The quantitative estimate of drug-likeness (QED) is 0.664. The summed E-state index contributed by atoms with van der Waals surface area (Å²) in [7, 11) is 0. The van der Waals surface area contributed by atoms with Crippen LogP contribution in [0, 0.1) is 6.92 Å². The molecule has 4 nitrogen and oxygen atoms in total. The second kappa shape index (κ2) is 6.26. The van der Waals surface area contributed by atoms with Crippen LogP contribution in [0.15, 0.2) is 48.8 Å². The summed E-state index contributed by atoms with van der Waals surface area (Å²) in [6.45, 7) is 3.73. The normalized spacial score (nSPS) is 11.0. The van der Waals surface area contributed by atoms with Crippen LogP contribution in [0.3, 0.4) is 0 Å². The summed E-state index contributed by atoms with van der Waals surface area (Å²) >= 11 is 3.54. The minimum absolute atomic E-state index is 0.837. The van der Waals surface area contributed by atoms with Crippen molar-refractivity contribution in [3.05, 3.63) is 60.0 Å². The van der Waals surface area contributed by atoms with Gasteiger partial charge in [-0.2, -0.15) is 5.10 Å². The lowest BCUT2D eigenvalue weighted by Gasteiger charge is -2.23. The molecule has 3 aromatic rings. The smallest absolute Gasteiger partial charge is 0.155 e. The van der Waals surface area contributed by atoms with Gasteiger partial charge in [-0.1, -0.05) is 46.3 Å². The largest absolute Gasteiger partial charge is 0.350 e. The third-order valence-electron chi connectivity index (χ3n) is 3.36. The number of halogens is 1. The third kappa shape index (κ3) is 3.08. The highest BCUT2D eigenvalue weighted by atomic mass is 79.9. The number of nitrogens with zero attached hydrogens (tertiary/aromatic N) is 4. The predicted molar refractivity (Wildman–Crippen MR) is 89.0 cm³/mol. The van der Waals surface area contributed by atoms with Crippen molar-refractivity contribution in [1.29, 1.82) is 0 Å². The van der Waals surface area contributed by atoms with Gasteiger partial charge in [-0.25, -0.2) is 9.50 Å². The van der Waals surface area contributed by atoms with Crippen LogP contribution in [0.5, 0.6) is 0 Å². The number of rotatable bonds is 5. The van der Waals surface area contributed by atoms with Crippen LogP contribution >= 0.6 is 15.9 Å². The highest BCUT2D eigenvalue weighted by Crippen LogP contribution is 2.21. The minimum atomic E-state index is 0.837. The van der Waals surface area contributed by atoms with E-state index in [-0.39, 0.29) is 0 Å². The van der Waals surface area contributed by atoms with E-state index in [2.05, 4.69) is 61.2 Å². The molecular formula is C16H17BrN4. The van der Waals surface area contributed by atoms with Gasteiger partial charge >= 0.3 is 0 Å². The summed E-state index contributed by atoms with van der Waals surface area (Å²) in [5, 5.41) is 5.36. The highest BCUT2D eigenvalue weighted by molar-refractivity contribution is 9.09. The first-order chi connectivity index (χ1) is 10.3. The summed E-state index contributed by atoms with van der Waals surface area (Å²) in [4.78, 5) is 6.86. The number of hydrogen-bond acceptors (Lipinski definition) is 3. The second-order valence-corrected chi connectivity index (χ2v) is 5.76. The molecule has 3 rings (SSSR count). The molecule has 5 heteroatoms. The van der Waals surface area contributed by atoms with Gasteiger partial charge in [0.15, 0.2) is 5.82 Å². The number of anilines is 1. The molecule has 108 valence electrons. The molecule has 0 aliphatic heterocycles. The topological polar surface area (TPSA) is 33.4 Å². The third-order valence-corrected chi connectivity index (χ3v) is 3.72. The maximum atomic E-state index is 4.58. The molecule has 0 amide bonds. The fraction of sp³-hybridized carbons (Fsp3) is 0.250. The lowest BCUT2D eigenvalue weighted by atomic mass is 10.2. The van der Waals surface area contributed by atoms with E-state index in [1.165, 1.54) is 5.56 Å². The Kier molecular flexibility index (Phi) is 4.20. The van der Waals surface area contributed by atoms with Crippen molar-refractivity contribution in [2.24, 2.45) is 0 Å². The maximum Gasteiger partial charge on any atom is 0.155 e. The average Bonchev–Trinajstić information content (AvgIpc) is 2.88. The molecular weight excluding hydrogens is 328 g/mol. The van der Waals surface area contributed by atoms with Crippen LogP contribution in [0.2, 0.25) is 0 Å². The van der Waals surface area contributed by atoms with Crippen LogP contribution < -0.4 is 4.90 Å². The molecule has 0 atom stereocenters. The summed E-state index contributed by atoms with van der Waals surface area (Å²) in [6, 6.07) is 12.5. The van der Waals surface area contributed by atoms with Crippen LogP contribution in [-0.2, 0) is 6.54 Å². The van der Waals surface area contributed by atoms with Gasteiger partial charge in [0.05, 0.1) is 5.69 Å². The predicted octanol–water partition coefficient (Wildman–Crippen LogP) is 3.44. The minimum Gasteiger partial charge on any atom is -0.350 e. The molecule has 2 heterocycles. The van der Waals surface area contributed by atoms with Gasteiger partial charge < -0.3 is 4.90 Å². The molecule has 0 radical (unpaired) electrons. The van der Waals surface area contributed by atoms with Crippen molar-refractivity contribution >= 4 is 27.3 Å². The summed E-state index contributed by atoms with van der Waals surface area (Å²) in [6.07, 6.45) is 3.70. The first-order valence-electron chi connectivity index (χ1n) is 6.94. The number of fused-ring (bicyclic) bond motifs is 1. The van der Waals surface area contributed by atoms with E-state index in [4.69, 9.17) is 0 Å². The number of alkyl halides is 1. The van der Waals surface area contributed by atoms with Crippen molar-refractivity contribution in [2.45, 2.75) is 13.5 Å². The molecule has 0 fully saturated rings. The first-order valence-corrected chi connectivity index (χ1v) is 8.06. The molecule has 0 N–H and O–H groups in total. The van der Waals surface area contributed by atoms with Gasteiger partial charge in [0.2, 0.25) is 0 Å². The zero-order valence-electron chi connectivity index (χ0n) is 11.9. The number of aromatic nitrogens is 3. The van der Waals surface area contributed by atoms with E-state index < -0.39 is 0 Å². The molecule has 0 bridgehead atoms. The highest BCUT2D eigenvalue weighted by Gasteiger charge is 2.13. The van der Waals surface area contributed by atoms with E-state index >= 15 is 0 Å². The lowest BCUT2D eigenvalue weighted by Crippen LogP contribution is -2.26. The number of hydrogen-bond donors (Lipinski definition) is 0. The van der Waals surface area contributed by atoms with Gasteiger partial charge in [0.1, 0.15) is 5.52 Å². The van der Waals surface area contributed by atoms with Crippen LogP contribution in [0.1, 0.15) is 11.3 Å². The average molecular weight is 345 g/mol. The standard InChI is InChI=1S/C16H17BrN4/c1-13-11-15-16(18-8-10-21(15)19-13)20(9-7-17)12-14-5-3-2-4-6-14/h2-6,8,10-11H,7,9,12H2,1H3. The Morgan fingerprint density at radius 2 is 2.05 bits per heavy atom. The monoisotopic (exact) mass is 344 g/mol. The molecule has 0 saturated heterocycles. The molecule has 0 spiro atoms. The number of aryl methyl sites for hydroxylation is 1. The van der Waals surface area contributed by atoms with Crippen molar-refractivity contribution in [1.82, 2.24) is 14.6 Å². The Hall–Kier alpha value is -1.88. The van der Waals surface area contributed by atoms with E-state index in [0.29, 0.717) is 0 Å². The van der Waals surface area contributed by atoms with E-state index in [0.717, 1.165) is 35.4 Å². The fourth-order valence-corrected chi connectivity index (χ4v) is 2.87. The van der Waals surface area contributed by atoms with Gasteiger partial charge in [-0.05, 0) is 18.6 Å². The second-order valence-electron chi connectivity index (χ2n) is 4.96. The zero-order valence-corrected chi connectivity index (χ0v) is 13.5. The zero-order chi connectivity index (χ0) is 14.7. The summed E-state index contributed by atoms with van der Waals surface area (Å²) in [5.74, 6) is 0.974. The molecule has 0 saturated carbocycles. The van der Waals surface area contributed by atoms with Crippen molar-refractivity contribution in [2.75, 3.05) is 16.8 Å². The van der Waals surface area contributed by atoms with Gasteiger partial charge in [-0.3, -0.25) is 0 Å². The Morgan fingerprint density at radius 3 is 2.81 bits per heavy atom. The van der Waals surface area contributed by atoms with Gasteiger partial charge in [0, 0.05) is 30.8 Å². The Bertz CT molecular complexity index is 723. The molecule has 0 aliphatic rings. The van der Waals surface area contributed by atoms with Gasteiger partial charge in [0.25, 0.3) is 0 Å². The van der Waals surface area contributed by atoms with Crippen LogP contribution in [0.4, 0.5) is 5.82 Å². The van der Waals surface area contributed by atoms with Gasteiger partial charge in [-0.15, -0.1) is 0 Å². The van der Waals surface area contributed by atoms with Crippen molar-refractivity contribution < 1.29 is 0 Å². The Morgan fingerprint density at radius 1 is 1.24 bits per heavy atom. The van der Waals surface area contributed by atoms with E-state index in [1.807, 2.05) is 23.7 Å². The Balaban J connectivity index is 1.99. The lowest BCUT2D eigenvalue weighted by molar-refractivity contribution is 0.813. The Labute approximate surface area is 132 Å². The SMILES string of the molecule is Cc1cc2c(N(CCBr)Cc3ccccc3)nccn2n1. The molecule has 21 heavy (non-hydrogen) atoms. The fourth-order valence-electron chi connectivity index (χ4n) is 2.44. The van der Waals surface area contributed by atoms with E-state index in [9.17, 15) is 0 Å². The molecule has 0 aliphatic carbocycles. The first kappa shape index (κ1) is 14.1. The number of benzene rings is 1.